The molecule has 4 heteroatoms. The van der Waals surface area contributed by atoms with Crippen LogP contribution in [-0.2, 0) is 19.5 Å². The van der Waals surface area contributed by atoms with Crippen LogP contribution in [0.2, 0.25) is 0 Å². The molecule has 2 aromatic rings. The molecule has 0 fully saturated rings. The minimum Gasteiger partial charge on any atom is -0.497 e. The Morgan fingerprint density at radius 1 is 0.226 bits per heavy atom. The molecule has 0 saturated heterocycles. The number of rotatable bonds is 76. The van der Waals surface area contributed by atoms with Gasteiger partial charge in [-0.3, -0.25) is 9.80 Å². The molecule has 0 aliphatic carbocycles. The van der Waals surface area contributed by atoms with Crippen LogP contribution in [0.5, 0.6) is 11.5 Å². The Hall–Kier alpha value is -2.04. The Labute approximate surface area is 584 Å². The Morgan fingerprint density at radius 3 is 0.634 bits per heavy atom. The average Bonchev–Trinajstić information content (AvgIpc) is 0.931. The van der Waals surface area contributed by atoms with E-state index in [0.29, 0.717) is 0 Å². The van der Waals surface area contributed by atoms with Gasteiger partial charge in [-0.15, -0.1) is 0 Å². The predicted molar refractivity (Wildman–Crippen MR) is 418 cm³/mol. The first-order chi connectivity index (χ1) is 46.1. The Balaban J connectivity index is 2.14. The fourth-order valence-electron chi connectivity index (χ4n) is 14.9. The van der Waals surface area contributed by atoms with Gasteiger partial charge in [-0.25, -0.2) is 0 Å². The number of benzene rings is 2. The molecule has 0 amide bonds. The minimum absolute atomic E-state index is 0.864. The SMILES string of the molecule is CCCCCCCCCCCCCCCCCCN(CCCCCCCCCCCCCCCCCC)Cc1cc(Cc2ccc(OC)cc2OC)cc(CN(CCCCCCCCCCCCCCCCCC)CCCCCCCCCCCCCCCCCC)c1. The van der Waals surface area contributed by atoms with E-state index in [4.69, 9.17) is 9.47 Å². The summed E-state index contributed by atoms with van der Waals surface area (Å²) in [5, 5.41) is 0. The Bertz CT molecular complexity index is 1620. The molecular formula is C89H166N2O2. The van der Waals surface area contributed by atoms with Gasteiger partial charge < -0.3 is 9.47 Å². The van der Waals surface area contributed by atoms with Crippen LogP contribution in [0.4, 0.5) is 0 Å². The molecule has 0 spiro atoms. The number of hydrogen-bond donors (Lipinski definition) is 0. The number of nitrogens with zero attached hydrogens (tertiary/aromatic N) is 2. The zero-order chi connectivity index (χ0) is 66.5. The van der Waals surface area contributed by atoms with Gasteiger partial charge in [0.05, 0.1) is 14.2 Å². The van der Waals surface area contributed by atoms with Crippen molar-refractivity contribution in [2.75, 3.05) is 40.4 Å². The van der Waals surface area contributed by atoms with Gasteiger partial charge in [0.15, 0.2) is 0 Å². The molecule has 0 aliphatic heterocycles. The lowest BCUT2D eigenvalue weighted by atomic mass is 9.98. The zero-order valence-electron chi connectivity index (χ0n) is 64.4. The van der Waals surface area contributed by atoms with E-state index in [0.717, 1.165) is 31.0 Å². The summed E-state index contributed by atoms with van der Waals surface area (Å²) in [6.45, 7) is 16.4. The second kappa shape index (κ2) is 69.8. The first-order valence-corrected chi connectivity index (χ1v) is 42.8. The van der Waals surface area contributed by atoms with E-state index in [1.165, 1.54) is 459 Å². The van der Waals surface area contributed by atoms with Crippen LogP contribution in [0.25, 0.3) is 0 Å². The second-order valence-corrected chi connectivity index (χ2v) is 30.3. The molecule has 0 bridgehead atoms. The van der Waals surface area contributed by atoms with Gasteiger partial charge >= 0.3 is 0 Å². The molecule has 2 rings (SSSR count). The fraction of sp³-hybridized carbons (Fsp3) is 0.865. The molecule has 2 aromatic carbocycles. The van der Waals surface area contributed by atoms with Crippen molar-refractivity contribution in [3.8, 4) is 11.5 Å². The highest BCUT2D eigenvalue weighted by molar-refractivity contribution is 5.44. The lowest BCUT2D eigenvalue weighted by Gasteiger charge is -2.25. The van der Waals surface area contributed by atoms with Gasteiger partial charge in [-0.2, -0.15) is 0 Å². The van der Waals surface area contributed by atoms with Gasteiger partial charge in [-0.1, -0.05) is 437 Å². The monoisotopic (exact) mass is 1300 g/mol. The van der Waals surface area contributed by atoms with E-state index in [1.807, 2.05) is 7.11 Å². The molecule has 0 unspecified atom stereocenters. The average molecular weight is 1300 g/mol. The summed E-state index contributed by atoms with van der Waals surface area (Å²) in [4.78, 5) is 5.77. The normalized spacial score (nSPS) is 11.8. The quantitative estimate of drug-likeness (QED) is 0.0616. The van der Waals surface area contributed by atoms with Gasteiger partial charge in [0.2, 0.25) is 0 Å². The van der Waals surface area contributed by atoms with Crippen molar-refractivity contribution in [2.24, 2.45) is 0 Å². The third-order valence-electron chi connectivity index (χ3n) is 21.1. The number of ether oxygens (including phenoxy) is 2. The molecule has 0 saturated carbocycles. The number of unbranched alkanes of at least 4 members (excludes halogenated alkanes) is 60. The fourth-order valence-corrected chi connectivity index (χ4v) is 14.9. The summed E-state index contributed by atoms with van der Waals surface area (Å²) >= 11 is 0. The van der Waals surface area contributed by atoms with Crippen molar-refractivity contribution in [3.63, 3.8) is 0 Å². The number of hydrogen-bond acceptors (Lipinski definition) is 4. The van der Waals surface area contributed by atoms with Crippen LogP contribution in [-0.4, -0.2) is 50.2 Å². The smallest absolute Gasteiger partial charge is 0.126 e. The summed E-state index contributed by atoms with van der Waals surface area (Å²) in [5.41, 5.74) is 5.72. The first kappa shape index (κ1) is 87.0. The van der Waals surface area contributed by atoms with Crippen LogP contribution < -0.4 is 9.47 Å². The molecule has 0 heterocycles. The summed E-state index contributed by atoms with van der Waals surface area (Å²) < 4.78 is 11.7. The van der Waals surface area contributed by atoms with Crippen molar-refractivity contribution in [2.45, 2.75) is 458 Å². The highest BCUT2D eigenvalue weighted by Crippen LogP contribution is 2.29. The molecular weight excluding hydrogens is 1130 g/mol. The van der Waals surface area contributed by atoms with Crippen LogP contribution in [0.1, 0.15) is 461 Å². The van der Waals surface area contributed by atoms with Crippen LogP contribution in [0.3, 0.4) is 0 Å². The van der Waals surface area contributed by atoms with Gasteiger partial charge in [0.1, 0.15) is 11.5 Å². The van der Waals surface area contributed by atoms with Gasteiger partial charge in [-0.05, 0) is 80.2 Å². The van der Waals surface area contributed by atoms with Crippen LogP contribution >= 0.6 is 0 Å². The standard InChI is InChI=1S/C89H166N2O2/c1-7-11-15-19-23-27-31-35-39-43-47-51-55-59-63-67-73-90(74-68-64-60-56-52-48-44-40-36-32-28-24-20-16-12-8-2)82-85-77-84(80-87-71-72-88(92-5)81-89(87)93-6)78-86(79-85)83-91(75-69-65-61-57-53-49-45-41-37-33-29-25-21-17-13-9-3)76-70-66-62-58-54-50-46-42-38-34-30-26-22-18-14-10-4/h71-72,77-79,81H,7-70,73-76,80,82-83H2,1-6H3. The molecule has 93 heavy (non-hydrogen) atoms. The maximum absolute atomic E-state index is 6.04. The van der Waals surface area contributed by atoms with E-state index in [-0.39, 0.29) is 0 Å². The first-order valence-electron chi connectivity index (χ1n) is 42.8. The minimum atomic E-state index is 0.864. The molecule has 544 valence electrons. The summed E-state index contributed by atoms with van der Waals surface area (Å²) in [7, 11) is 3.59. The lowest BCUT2D eigenvalue weighted by molar-refractivity contribution is 0.248. The lowest BCUT2D eigenvalue weighted by Crippen LogP contribution is -2.27. The van der Waals surface area contributed by atoms with Crippen molar-refractivity contribution in [1.29, 1.82) is 0 Å². The largest absolute Gasteiger partial charge is 0.497 e. The highest BCUT2D eigenvalue weighted by atomic mass is 16.5. The third-order valence-corrected chi connectivity index (χ3v) is 21.1. The van der Waals surface area contributed by atoms with Crippen molar-refractivity contribution in [3.05, 3.63) is 58.7 Å². The Morgan fingerprint density at radius 2 is 0.430 bits per heavy atom. The molecule has 0 N–H and O–H groups in total. The maximum Gasteiger partial charge on any atom is 0.126 e. The molecule has 0 aromatic heterocycles. The van der Waals surface area contributed by atoms with E-state index >= 15 is 0 Å². The third kappa shape index (κ3) is 56.5. The molecule has 0 atom stereocenters. The van der Waals surface area contributed by atoms with Crippen molar-refractivity contribution >= 4 is 0 Å². The van der Waals surface area contributed by atoms with E-state index in [1.54, 1.807) is 7.11 Å². The number of methoxy groups -OCH3 is 2. The summed E-state index contributed by atoms with van der Waals surface area (Å²) in [5.74, 6) is 1.80. The summed E-state index contributed by atoms with van der Waals surface area (Å²) in [6, 6.07) is 14.3. The van der Waals surface area contributed by atoms with Gasteiger partial charge in [0.25, 0.3) is 0 Å². The van der Waals surface area contributed by atoms with Crippen LogP contribution in [0.15, 0.2) is 36.4 Å². The van der Waals surface area contributed by atoms with Crippen molar-refractivity contribution in [1.82, 2.24) is 9.80 Å². The molecule has 0 radical (unpaired) electrons. The molecule has 0 aliphatic rings. The van der Waals surface area contributed by atoms with Gasteiger partial charge in [0, 0.05) is 25.6 Å². The topological polar surface area (TPSA) is 24.9 Å². The highest BCUT2D eigenvalue weighted by Gasteiger charge is 2.15. The van der Waals surface area contributed by atoms with Crippen molar-refractivity contribution < 1.29 is 9.47 Å². The zero-order valence-corrected chi connectivity index (χ0v) is 64.4. The molecule has 4 nitrogen and oxygen atoms in total. The van der Waals surface area contributed by atoms with E-state index in [2.05, 4.69) is 73.9 Å². The second-order valence-electron chi connectivity index (χ2n) is 30.3. The van der Waals surface area contributed by atoms with Crippen LogP contribution in [0, 0.1) is 0 Å². The Kier molecular flexibility index (Phi) is 65.4. The predicted octanol–water partition coefficient (Wildman–Crippen LogP) is 29.9. The van der Waals surface area contributed by atoms with E-state index in [9.17, 15) is 0 Å². The maximum atomic E-state index is 6.04. The van der Waals surface area contributed by atoms with E-state index < -0.39 is 0 Å². The summed E-state index contributed by atoms with van der Waals surface area (Å²) in [6.07, 6.45) is 92.3.